The Kier molecular flexibility index (Phi) is 3.54. The third-order valence-electron chi connectivity index (χ3n) is 2.15. The van der Waals surface area contributed by atoms with Gasteiger partial charge in [-0.25, -0.2) is 8.42 Å². The van der Waals surface area contributed by atoms with Crippen LogP contribution in [0.3, 0.4) is 0 Å². The largest absolute Gasteiger partial charge is 0.369 e. The molecule has 0 fully saturated rings. The lowest BCUT2D eigenvalue weighted by Gasteiger charge is -2.14. The normalized spacial score (nSPS) is 13.1. The quantitative estimate of drug-likeness (QED) is 0.812. The summed E-state index contributed by atoms with van der Waals surface area (Å²) in [7, 11) is -3.36. The molecule has 6 heteroatoms. The fraction of sp³-hybridized carbons (Fsp3) is 0.300. The van der Waals surface area contributed by atoms with Gasteiger partial charge in [-0.2, -0.15) is 0 Å². The maximum atomic E-state index is 11.1. The van der Waals surface area contributed by atoms with Crippen molar-refractivity contribution in [3.63, 3.8) is 0 Å². The lowest BCUT2D eigenvalue weighted by Crippen LogP contribution is -2.20. The molecule has 5 nitrogen and oxygen atoms in total. The molecule has 0 aliphatic rings. The molecule has 0 saturated carbocycles. The van der Waals surface area contributed by atoms with Crippen LogP contribution in [0.4, 0.5) is 5.69 Å². The molecule has 1 amide bonds. The van der Waals surface area contributed by atoms with Crippen molar-refractivity contribution in [2.75, 3.05) is 11.0 Å². The molecular formula is C10H14N2O3S. The molecule has 0 bridgehead atoms. The fourth-order valence-electron chi connectivity index (χ4n) is 1.32. The van der Waals surface area contributed by atoms with Crippen LogP contribution in [0, 0.1) is 0 Å². The molecule has 3 N–H and O–H groups in total. The number of para-hydroxylation sites is 1. The SMILES string of the molecule is C[C@@H](C(N)=O)c1ccccc1NS(C)(=O)=O. The van der Waals surface area contributed by atoms with Gasteiger partial charge in [-0.3, -0.25) is 9.52 Å². The summed E-state index contributed by atoms with van der Waals surface area (Å²) in [5.74, 6) is -1.03. The molecule has 0 unspecified atom stereocenters. The fourth-order valence-corrected chi connectivity index (χ4v) is 1.91. The van der Waals surface area contributed by atoms with Crippen molar-refractivity contribution in [1.82, 2.24) is 0 Å². The number of carbonyl (C=O) groups excluding carboxylic acids is 1. The number of nitrogens with one attached hydrogen (secondary N) is 1. The lowest BCUT2D eigenvalue weighted by molar-refractivity contribution is -0.119. The third-order valence-corrected chi connectivity index (χ3v) is 2.74. The second-order valence-corrected chi connectivity index (χ2v) is 5.33. The van der Waals surface area contributed by atoms with E-state index in [0.717, 1.165) is 6.26 Å². The highest BCUT2D eigenvalue weighted by atomic mass is 32.2. The number of anilines is 1. The van der Waals surface area contributed by atoms with Gasteiger partial charge in [0.2, 0.25) is 15.9 Å². The highest BCUT2D eigenvalue weighted by Gasteiger charge is 2.16. The van der Waals surface area contributed by atoms with E-state index in [9.17, 15) is 13.2 Å². The van der Waals surface area contributed by atoms with E-state index < -0.39 is 21.8 Å². The monoisotopic (exact) mass is 242 g/mol. The summed E-state index contributed by atoms with van der Waals surface area (Å²) in [6.07, 6.45) is 1.05. The molecule has 0 aromatic heterocycles. The van der Waals surface area contributed by atoms with Gasteiger partial charge in [-0.05, 0) is 18.6 Å². The van der Waals surface area contributed by atoms with E-state index in [1.54, 1.807) is 31.2 Å². The first-order valence-corrected chi connectivity index (χ1v) is 6.56. The van der Waals surface area contributed by atoms with E-state index in [-0.39, 0.29) is 0 Å². The van der Waals surface area contributed by atoms with E-state index in [0.29, 0.717) is 11.3 Å². The van der Waals surface area contributed by atoms with Gasteiger partial charge in [0, 0.05) is 0 Å². The van der Waals surface area contributed by atoms with Gasteiger partial charge in [0.25, 0.3) is 0 Å². The Bertz CT molecular complexity index is 497. The zero-order chi connectivity index (χ0) is 12.3. The van der Waals surface area contributed by atoms with Crippen LogP contribution in [0.15, 0.2) is 24.3 Å². The molecule has 1 aromatic carbocycles. The van der Waals surface area contributed by atoms with Crippen molar-refractivity contribution in [3.8, 4) is 0 Å². The third kappa shape index (κ3) is 3.23. The summed E-state index contributed by atoms with van der Waals surface area (Å²) in [6.45, 7) is 1.63. The minimum absolute atomic E-state index is 0.385. The number of hydrogen-bond acceptors (Lipinski definition) is 3. The predicted octanol–water partition coefficient (Wildman–Crippen LogP) is 0.647. The van der Waals surface area contributed by atoms with E-state index in [1.165, 1.54) is 0 Å². The molecule has 0 aliphatic carbocycles. The van der Waals surface area contributed by atoms with Crippen LogP contribution >= 0.6 is 0 Å². The van der Waals surface area contributed by atoms with E-state index in [4.69, 9.17) is 5.73 Å². The van der Waals surface area contributed by atoms with E-state index >= 15 is 0 Å². The van der Waals surface area contributed by atoms with Gasteiger partial charge < -0.3 is 5.73 Å². The Balaban J connectivity index is 3.15. The Labute approximate surface area is 94.7 Å². The van der Waals surface area contributed by atoms with Gasteiger partial charge in [-0.15, -0.1) is 0 Å². The minimum Gasteiger partial charge on any atom is -0.369 e. The number of primary amides is 1. The molecular weight excluding hydrogens is 228 g/mol. The average molecular weight is 242 g/mol. The van der Waals surface area contributed by atoms with Crippen LogP contribution in [-0.2, 0) is 14.8 Å². The van der Waals surface area contributed by atoms with Crippen LogP contribution < -0.4 is 10.5 Å². The van der Waals surface area contributed by atoms with Gasteiger partial charge in [0.15, 0.2) is 0 Å². The molecule has 0 aliphatic heterocycles. The molecule has 0 radical (unpaired) electrons. The highest BCUT2D eigenvalue weighted by molar-refractivity contribution is 7.92. The zero-order valence-corrected chi connectivity index (χ0v) is 9.91. The Morgan fingerprint density at radius 3 is 2.44 bits per heavy atom. The van der Waals surface area contributed by atoms with Crippen LogP contribution in [-0.4, -0.2) is 20.6 Å². The first-order valence-electron chi connectivity index (χ1n) is 4.67. The van der Waals surface area contributed by atoms with Crippen LogP contribution in [0.1, 0.15) is 18.4 Å². The second-order valence-electron chi connectivity index (χ2n) is 3.59. The standard InChI is InChI=1S/C10H14N2O3S/c1-7(10(11)13)8-5-3-4-6-9(8)12-16(2,14)15/h3-7,12H,1-2H3,(H2,11,13)/t7-/m1/s1. The van der Waals surface area contributed by atoms with E-state index in [1.807, 2.05) is 0 Å². The number of carbonyl (C=O) groups is 1. The topological polar surface area (TPSA) is 89.3 Å². The summed E-state index contributed by atoms with van der Waals surface area (Å²) >= 11 is 0. The van der Waals surface area contributed by atoms with Crippen molar-refractivity contribution in [3.05, 3.63) is 29.8 Å². The molecule has 0 heterocycles. The molecule has 0 spiro atoms. The van der Waals surface area contributed by atoms with Crippen molar-refractivity contribution in [1.29, 1.82) is 0 Å². The van der Waals surface area contributed by atoms with Crippen LogP contribution in [0.2, 0.25) is 0 Å². The molecule has 16 heavy (non-hydrogen) atoms. The van der Waals surface area contributed by atoms with Crippen molar-refractivity contribution < 1.29 is 13.2 Å². The minimum atomic E-state index is -3.36. The van der Waals surface area contributed by atoms with Gasteiger partial charge >= 0.3 is 0 Å². The Morgan fingerprint density at radius 2 is 1.94 bits per heavy atom. The zero-order valence-electron chi connectivity index (χ0n) is 9.10. The maximum Gasteiger partial charge on any atom is 0.229 e. The molecule has 1 atom stereocenters. The molecule has 0 saturated heterocycles. The van der Waals surface area contributed by atoms with Crippen LogP contribution in [0.5, 0.6) is 0 Å². The number of hydrogen-bond donors (Lipinski definition) is 2. The molecule has 88 valence electrons. The highest BCUT2D eigenvalue weighted by Crippen LogP contribution is 2.24. The summed E-state index contributed by atoms with van der Waals surface area (Å²) in [6, 6.07) is 6.67. The maximum absolute atomic E-state index is 11.1. The first-order chi connectivity index (χ1) is 7.31. The molecule has 1 rings (SSSR count). The number of benzene rings is 1. The lowest BCUT2D eigenvalue weighted by atomic mass is 9.99. The van der Waals surface area contributed by atoms with Crippen LogP contribution in [0.25, 0.3) is 0 Å². The number of amides is 1. The Hall–Kier alpha value is -1.56. The van der Waals surface area contributed by atoms with Crippen molar-refractivity contribution in [2.24, 2.45) is 5.73 Å². The average Bonchev–Trinajstić information content (AvgIpc) is 2.15. The van der Waals surface area contributed by atoms with Gasteiger partial charge in [0.1, 0.15) is 0 Å². The molecule has 1 aromatic rings. The number of rotatable bonds is 4. The van der Waals surface area contributed by atoms with E-state index in [2.05, 4.69) is 4.72 Å². The predicted molar refractivity (Wildman–Crippen MR) is 62.5 cm³/mol. The van der Waals surface area contributed by atoms with Gasteiger partial charge in [-0.1, -0.05) is 18.2 Å². The Morgan fingerprint density at radius 1 is 1.38 bits per heavy atom. The number of sulfonamides is 1. The van der Waals surface area contributed by atoms with Gasteiger partial charge in [0.05, 0.1) is 17.9 Å². The summed E-state index contributed by atoms with van der Waals surface area (Å²) in [5.41, 5.74) is 6.14. The van der Waals surface area contributed by atoms with Crippen molar-refractivity contribution in [2.45, 2.75) is 12.8 Å². The smallest absolute Gasteiger partial charge is 0.229 e. The summed E-state index contributed by atoms with van der Waals surface area (Å²) < 4.78 is 24.6. The van der Waals surface area contributed by atoms with Crippen molar-refractivity contribution >= 4 is 21.6 Å². The number of nitrogens with two attached hydrogens (primary N) is 1. The summed E-state index contributed by atoms with van der Waals surface area (Å²) in [4.78, 5) is 11.1. The second kappa shape index (κ2) is 4.52. The first kappa shape index (κ1) is 12.5. The summed E-state index contributed by atoms with van der Waals surface area (Å²) in [5, 5.41) is 0.